The van der Waals surface area contributed by atoms with E-state index in [9.17, 15) is 22.4 Å². The van der Waals surface area contributed by atoms with Gasteiger partial charge >= 0.3 is 0 Å². The Morgan fingerprint density at radius 1 is 1.09 bits per heavy atom. The van der Waals surface area contributed by atoms with Gasteiger partial charge in [0.15, 0.2) is 23.3 Å². The van der Waals surface area contributed by atoms with E-state index < -0.39 is 34.9 Å². The molecule has 0 aliphatic heterocycles. The first-order valence-electron chi connectivity index (χ1n) is 5.99. The molecule has 0 fully saturated rings. The van der Waals surface area contributed by atoms with Gasteiger partial charge in [0, 0.05) is 16.6 Å². The van der Waals surface area contributed by atoms with Gasteiger partial charge < -0.3 is 11.1 Å². The van der Waals surface area contributed by atoms with Crippen molar-refractivity contribution in [3.05, 3.63) is 53.6 Å². The van der Waals surface area contributed by atoms with Crippen molar-refractivity contribution in [2.45, 2.75) is 4.90 Å². The lowest BCUT2D eigenvalue weighted by atomic mass is 10.2. The molecule has 8 heteroatoms. The van der Waals surface area contributed by atoms with Crippen LogP contribution in [0, 0.1) is 23.3 Å². The third kappa shape index (κ3) is 3.70. The van der Waals surface area contributed by atoms with E-state index in [-0.39, 0.29) is 11.8 Å². The molecular formula is C14H10F4N2OS. The van der Waals surface area contributed by atoms with E-state index in [1.807, 2.05) is 5.32 Å². The summed E-state index contributed by atoms with van der Waals surface area (Å²) in [5, 5.41) is 1.82. The van der Waals surface area contributed by atoms with E-state index in [2.05, 4.69) is 0 Å². The summed E-state index contributed by atoms with van der Waals surface area (Å²) in [6.07, 6.45) is 0. The summed E-state index contributed by atoms with van der Waals surface area (Å²) < 4.78 is 52.8. The Balaban J connectivity index is 2.07. The molecule has 0 heterocycles. The van der Waals surface area contributed by atoms with Gasteiger partial charge in [-0.3, -0.25) is 4.79 Å². The Morgan fingerprint density at radius 2 is 1.73 bits per heavy atom. The van der Waals surface area contributed by atoms with Gasteiger partial charge in [0.25, 0.3) is 0 Å². The lowest BCUT2D eigenvalue weighted by Crippen LogP contribution is -2.17. The normalized spacial score (nSPS) is 10.5. The minimum atomic E-state index is -1.65. The van der Waals surface area contributed by atoms with Crippen molar-refractivity contribution < 1.29 is 22.4 Å². The van der Waals surface area contributed by atoms with Gasteiger partial charge in [0.05, 0.1) is 5.75 Å². The van der Waals surface area contributed by atoms with Gasteiger partial charge in [0.2, 0.25) is 5.91 Å². The fraction of sp³-hybridized carbons (Fsp3) is 0.0714. The fourth-order valence-corrected chi connectivity index (χ4v) is 2.38. The SMILES string of the molecule is Nc1cccc(SCC(=O)Nc2c(F)c(F)cc(F)c2F)c1. The molecular weight excluding hydrogens is 320 g/mol. The van der Waals surface area contributed by atoms with E-state index in [0.717, 1.165) is 11.8 Å². The molecule has 0 aliphatic rings. The largest absolute Gasteiger partial charge is 0.399 e. The summed E-state index contributed by atoms with van der Waals surface area (Å²) in [7, 11) is 0. The molecule has 0 aliphatic carbocycles. The van der Waals surface area contributed by atoms with Crippen LogP contribution in [0.3, 0.4) is 0 Å². The van der Waals surface area contributed by atoms with Crippen molar-refractivity contribution in [3.8, 4) is 0 Å². The number of amides is 1. The number of anilines is 2. The molecule has 2 aromatic rings. The van der Waals surface area contributed by atoms with Crippen molar-refractivity contribution in [2.24, 2.45) is 0 Å². The van der Waals surface area contributed by atoms with Crippen LogP contribution < -0.4 is 11.1 Å². The molecule has 2 rings (SSSR count). The smallest absolute Gasteiger partial charge is 0.234 e. The van der Waals surface area contributed by atoms with Gasteiger partial charge in [-0.1, -0.05) is 6.07 Å². The zero-order valence-electron chi connectivity index (χ0n) is 11.0. The van der Waals surface area contributed by atoms with Crippen molar-refractivity contribution in [1.29, 1.82) is 0 Å². The molecule has 0 saturated heterocycles. The van der Waals surface area contributed by atoms with E-state index in [4.69, 9.17) is 5.73 Å². The monoisotopic (exact) mass is 330 g/mol. The second-order valence-corrected chi connectivity index (χ2v) is 5.30. The van der Waals surface area contributed by atoms with Crippen LogP contribution in [0.15, 0.2) is 35.2 Å². The van der Waals surface area contributed by atoms with Gasteiger partial charge in [-0.05, 0) is 18.2 Å². The van der Waals surface area contributed by atoms with Crippen molar-refractivity contribution >= 4 is 29.0 Å². The molecule has 1 amide bonds. The summed E-state index contributed by atoms with van der Waals surface area (Å²) >= 11 is 1.06. The molecule has 116 valence electrons. The first-order chi connectivity index (χ1) is 10.4. The molecule has 0 spiro atoms. The molecule has 2 aromatic carbocycles. The Hall–Kier alpha value is -2.22. The Labute approximate surface area is 127 Å². The highest BCUT2D eigenvalue weighted by Gasteiger charge is 2.20. The van der Waals surface area contributed by atoms with Crippen LogP contribution in [0.25, 0.3) is 0 Å². The van der Waals surface area contributed by atoms with Crippen LogP contribution in [0.4, 0.5) is 28.9 Å². The molecule has 22 heavy (non-hydrogen) atoms. The summed E-state index contributed by atoms with van der Waals surface area (Å²) in [5.41, 5.74) is 4.92. The van der Waals surface area contributed by atoms with Gasteiger partial charge in [-0.15, -0.1) is 11.8 Å². The standard InChI is InChI=1S/C14H10F4N2OS/c15-9-5-10(16)13(18)14(12(9)17)20-11(21)6-22-8-3-1-2-7(19)4-8/h1-5H,6,19H2,(H,20,21). The maximum Gasteiger partial charge on any atom is 0.234 e. The van der Waals surface area contributed by atoms with Crippen molar-refractivity contribution in [1.82, 2.24) is 0 Å². The van der Waals surface area contributed by atoms with E-state index >= 15 is 0 Å². The number of nitrogens with one attached hydrogen (secondary N) is 1. The second kappa shape index (κ2) is 6.69. The number of halogens is 4. The highest BCUT2D eigenvalue weighted by molar-refractivity contribution is 8.00. The van der Waals surface area contributed by atoms with Crippen molar-refractivity contribution in [2.75, 3.05) is 16.8 Å². The summed E-state index contributed by atoms with van der Waals surface area (Å²) in [6, 6.07) is 6.71. The number of rotatable bonds is 4. The highest BCUT2D eigenvalue weighted by Crippen LogP contribution is 2.25. The Morgan fingerprint density at radius 3 is 2.32 bits per heavy atom. The first kappa shape index (κ1) is 16.2. The van der Waals surface area contributed by atoms with Gasteiger partial charge in [-0.25, -0.2) is 17.6 Å². The fourth-order valence-electron chi connectivity index (χ4n) is 1.61. The maximum absolute atomic E-state index is 13.4. The van der Waals surface area contributed by atoms with Crippen LogP contribution in [0.5, 0.6) is 0 Å². The van der Waals surface area contributed by atoms with Crippen LogP contribution in [-0.4, -0.2) is 11.7 Å². The van der Waals surface area contributed by atoms with E-state index in [1.54, 1.807) is 24.3 Å². The molecule has 3 nitrogen and oxygen atoms in total. The van der Waals surface area contributed by atoms with Crippen LogP contribution >= 0.6 is 11.8 Å². The number of carbonyl (C=O) groups excluding carboxylic acids is 1. The van der Waals surface area contributed by atoms with Crippen molar-refractivity contribution in [3.63, 3.8) is 0 Å². The summed E-state index contributed by atoms with van der Waals surface area (Å²) in [5.74, 6) is -7.49. The second-order valence-electron chi connectivity index (χ2n) is 4.25. The van der Waals surface area contributed by atoms with Gasteiger partial charge in [0.1, 0.15) is 5.69 Å². The minimum Gasteiger partial charge on any atom is -0.399 e. The van der Waals surface area contributed by atoms with Crippen LogP contribution in [0.2, 0.25) is 0 Å². The van der Waals surface area contributed by atoms with Gasteiger partial charge in [-0.2, -0.15) is 0 Å². The topological polar surface area (TPSA) is 55.1 Å². The van der Waals surface area contributed by atoms with E-state index in [1.165, 1.54) is 0 Å². The lowest BCUT2D eigenvalue weighted by Gasteiger charge is -2.09. The number of carbonyl (C=O) groups is 1. The molecule has 0 bridgehead atoms. The molecule has 0 saturated carbocycles. The molecule has 0 radical (unpaired) electrons. The average molecular weight is 330 g/mol. The van der Waals surface area contributed by atoms with Crippen LogP contribution in [-0.2, 0) is 4.79 Å². The third-order valence-electron chi connectivity index (χ3n) is 2.60. The van der Waals surface area contributed by atoms with E-state index in [0.29, 0.717) is 10.6 Å². The number of nitrogens with two attached hydrogens (primary N) is 1. The quantitative estimate of drug-likeness (QED) is 0.390. The first-order valence-corrected chi connectivity index (χ1v) is 6.98. The predicted octanol–water partition coefficient (Wildman–Crippen LogP) is 3.56. The zero-order valence-corrected chi connectivity index (χ0v) is 11.8. The molecule has 3 N–H and O–H groups in total. The number of thioether (sulfide) groups is 1. The number of hydrogen-bond donors (Lipinski definition) is 2. The Bertz CT molecular complexity index is 698. The number of hydrogen-bond acceptors (Lipinski definition) is 3. The average Bonchev–Trinajstić information content (AvgIpc) is 2.48. The number of nitrogen functional groups attached to an aromatic ring is 1. The zero-order chi connectivity index (χ0) is 16.3. The molecule has 0 aromatic heterocycles. The maximum atomic E-state index is 13.4. The third-order valence-corrected chi connectivity index (χ3v) is 3.60. The van der Waals surface area contributed by atoms with Crippen LogP contribution in [0.1, 0.15) is 0 Å². The lowest BCUT2D eigenvalue weighted by molar-refractivity contribution is -0.113. The predicted molar refractivity (Wildman–Crippen MR) is 76.5 cm³/mol. The summed E-state index contributed by atoms with van der Waals surface area (Å²) in [6.45, 7) is 0. The molecule has 0 atom stereocenters. The number of benzene rings is 2. The molecule has 0 unspecified atom stereocenters. The minimum absolute atomic E-state index is 0.0712. The Kier molecular flexibility index (Phi) is 4.92. The highest BCUT2D eigenvalue weighted by atomic mass is 32.2. The summed E-state index contributed by atoms with van der Waals surface area (Å²) in [4.78, 5) is 12.3.